The third-order valence-corrected chi connectivity index (χ3v) is 3.01. The zero-order valence-electron chi connectivity index (χ0n) is 11.6. The molecule has 0 saturated carbocycles. The molecule has 20 heavy (non-hydrogen) atoms. The first-order chi connectivity index (χ1) is 9.60. The summed E-state index contributed by atoms with van der Waals surface area (Å²) in [5, 5.41) is 14.9. The van der Waals surface area contributed by atoms with E-state index < -0.39 is 0 Å². The van der Waals surface area contributed by atoms with E-state index in [1.807, 2.05) is 32.0 Å². The lowest BCUT2D eigenvalue weighted by molar-refractivity contribution is 0.318. The molecular formula is C14H18N4O2. The van der Waals surface area contributed by atoms with Crippen LogP contribution in [0.1, 0.15) is 28.3 Å². The van der Waals surface area contributed by atoms with Crippen LogP contribution in [0.5, 0.6) is 0 Å². The van der Waals surface area contributed by atoms with Crippen molar-refractivity contribution in [3.63, 3.8) is 0 Å². The van der Waals surface area contributed by atoms with Crippen molar-refractivity contribution in [3.05, 3.63) is 52.7 Å². The van der Waals surface area contributed by atoms with Crippen LogP contribution in [0.15, 0.2) is 34.0 Å². The summed E-state index contributed by atoms with van der Waals surface area (Å²) in [6.07, 6.45) is 1.70. The van der Waals surface area contributed by atoms with Crippen LogP contribution >= 0.6 is 0 Å². The molecule has 1 heterocycles. The molecule has 1 aromatic heterocycles. The number of aromatic nitrogens is 1. The molecule has 0 aliphatic rings. The van der Waals surface area contributed by atoms with Gasteiger partial charge in [-0.1, -0.05) is 17.3 Å². The van der Waals surface area contributed by atoms with Gasteiger partial charge in [-0.2, -0.15) is 0 Å². The Morgan fingerprint density at radius 2 is 2.20 bits per heavy atom. The zero-order valence-corrected chi connectivity index (χ0v) is 11.6. The fourth-order valence-corrected chi connectivity index (χ4v) is 1.90. The van der Waals surface area contributed by atoms with E-state index >= 15 is 0 Å². The van der Waals surface area contributed by atoms with Gasteiger partial charge in [0.25, 0.3) is 0 Å². The van der Waals surface area contributed by atoms with Gasteiger partial charge in [0.05, 0.1) is 12.7 Å². The first-order valence-corrected chi connectivity index (χ1v) is 6.29. The number of oxazole rings is 1. The summed E-state index contributed by atoms with van der Waals surface area (Å²) < 4.78 is 5.38. The van der Waals surface area contributed by atoms with Gasteiger partial charge in [0.15, 0.2) is 5.84 Å². The maximum Gasteiger partial charge on any atom is 0.208 e. The molecule has 0 amide bonds. The predicted molar refractivity (Wildman–Crippen MR) is 75.5 cm³/mol. The smallest absolute Gasteiger partial charge is 0.208 e. The standard InChI is InChI=1S/C14H18N4O2/c1-9-5-11(14(15)18-19)3-4-12(9)7-16-8-13-17-6-10(2)20-13/h3-6,16,19H,7-8H2,1-2H3,(H2,15,18). The highest BCUT2D eigenvalue weighted by atomic mass is 16.4. The summed E-state index contributed by atoms with van der Waals surface area (Å²) >= 11 is 0. The summed E-state index contributed by atoms with van der Waals surface area (Å²) in [5.74, 6) is 1.59. The summed E-state index contributed by atoms with van der Waals surface area (Å²) in [5.41, 5.74) is 8.48. The number of nitrogens with zero attached hydrogens (tertiary/aromatic N) is 2. The van der Waals surface area contributed by atoms with Gasteiger partial charge in [-0.05, 0) is 31.0 Å². The number of oxime groups is 1. The lowest BCUT2D eigenvalue weighted by Gasteiger charge is -2.08. The molecule has 0 atom stereocenters. The van der Waals surface area contributed by atoms with Crippen molar-refractivity contribution in [2.24, 2.45) is 10.9 Å². The average Bonchev–Trinajstić information content (AvgIpc) is 2.85. The lowest BCUT2D eigenvalue weighted by atomic mass is 10.0. The summed E-state index contributed by atoms with van der Waals surface area (Å²) in [7, 11) is 0. The Bertz CT molecular complexity index is 619. The van der Waals surface area contributed by atoms with Crippen LogP contribution in [0.25, 0.3) is 0 Å². The molecule has 1 aromatic carbocycles. The molecule has 0 radical (unpaired) electrons. The molecule has 0 aliphatic heterocycles. The number of rotatable bonds is 5. The van der Waals surface area contributed by atoms with Crippen molar-refractivity contribution in [1.82, 2.24) is 10.3 Å². The Morgan fingerprint density at radius 1 is 1.40 bits per heavy atom. The van der Waals surface area contributed by atoms with Crippen molar-refractivity contribution in [1.29, 1.82) is 0 Å². The molecule has 0 bridgehead atoms. The van der Waals surface area contributed by atoms with E-state index in [-0.39, 0.29) is 5.84 Å². The van der Waals surface area contributed by atoms with E-state index in [1.54, 1.807) is 6.20 Å². The summed E-state index contributed by atoms with van der Waals surface area (Å²) in [6, 6.07) is 5.67. The van der Waals surface area contributed by atoms with Gasteiger partial charge in [0, 0.05) is 12.1 Å². The van der Waals surface area contributed by atoms with E-state index in [9.17, 15) is 0 Å². The number of nitrogens with one attached hydrogen (secondary N) is 1. The highest BCUT2D eigenvalue weighted by molar-refractivity contribution is 5.97. The van der Waals surface area contributed by atoms with Crippen LogP contribution in [-0.2, 0) is 13.1 Å². The molecular weight excluding hydrogens is 256 g/mol. The second-order valence-corrected chi connectivity index (χ2v) is 4.59. The Balaban J connectivity index is 1.96. The van der Waals surface area contributed by atoms with Gasteiger partial charge >= 0.3 is 0 Å². The molecule has 2 rings (SSSR count). The van der Waals surface area contributed by atoms with Gasteiger partial charge < -0.3 is 20.7 Å². The van der Waals surface area contributed by atoms with Gasteiger partial charge in [0.1, 0.15) is 5.76 Å². The first-order valence-electron chi connectivity index (χ1n) is 6.29. The minimum atomic E-state index is 0.114. The Morgan fingerprint density at radius 3 is 2.80 bits per heavy atom. The van der Waals surface area contributed by atoms with Crippen LogP contribution in [0.4, 0.5) is 0 Å². The highest BCUT2D eigenvalue weighted by Gasteiger charge is 2.05. The fraction of sp³-hybridized carbons (Fsp3) is 0.286. The third-order valence-electron chi connectivity index (χ3n) is 3.01. The molecule has 0 saturated heterocycles. The quantitative estimate of drug-likeness (QED) is 0.333. The van der Waals surface area contributed by atoms with Crippen molar-refractivity contribution in [2.45, 2.75) is 26.9 Å². The van der Waals surface area contributed by atoms with Crippen LogP contribution in [0.2, 0.25) is 0 Å². The minimum absolute atomic E-state index is 0.114. The number of hydrogen-bond acceptors (Lipinski definition) is 5. The minimum Gasteiger partial charge on any atom is -0.445 e. The highest BCUT2D eigenvalue weighted by Crippen LogP contribution is 2.11. The molecule has 0 spiro atoms. The molecule has 4 N–H and O–H groups in total. The normalized spacial score (nSPS) is 11.8. The second kappa shape index (κ2) is 6.21. The van der Waals surface area contributed by atoms with E-state index in [4.69, 9.17) is 15.4 Å². The Kier molecular flexibility index (Phi) is 4.37. The van der Waals surface area contributed by atoms with Crippen molar-refractivity contribution >= 4 is 5.84 Å². The molecule has 2 aromatic rings. The van der Waals surface area contributed by atoms with E-state index in [0.717, 1.165) is 16.9 Å². The molecule has 6 nitrogen and oxygen atoms in total. The summed E-state index contributed by atoms with van der Waals surface area (Å²) in [6.45, 7) is 5.13. The largest absolute Gasteiger partial charge is 0.445 e. The number of aryl methyl sites for hydroxylation is 2. The fourth-order valence-electron chi connectivity index (χ4n) is 1.90. The van der Waals surface area contributed by atoms with E-state index in [1.165, 1.54) is 0 Å². The van der Waals surface area contributed by atoms with Crippen molar-refractivity contribution in [3.8, 4) is 0 Å². The average molecular weight is 274 g/mol. The maximum atomic E-state index is 8.65. The topological polar surface area (TPSA) is 96.7 Å². The Hall–Kier alpha value is -2.34. The second-order valence-electron chi connectivity index (χ2n) is 4.59. The van der Waals surface area contributed by atoms with Gasteiger partial charge in [0.2, 0.25) is 5.89 Å². The molecule has 6 heteroatoms. The van der Waals surface area contributed by atoms with E-state index in [2.05, 4.69) is 15.5 Å². The lowest BCUT2D eigenvalue weighted by Crippen LogP contribution is -2.16. The number of benzene rings is 1. The summed E-state index contributed by atoms with van der Waals surface area (Å²) in [4.78, 5) is 4.13. The number of hydrogen-bond donors (Lipinski definition) is 3. The Labute approximate surface area is 117 Å². The zero-order chi connectivity index (χ0) is 14.5. The maximum absolute atomic E-state index is 8.65. The van der Waals surface area contributed by atoms with Crippen LogP contribution < -0.4 is 11.1 Å². The monoisotopic (exact) mass is 274 g/mol. The molecule has 106 valence electrons. The molecule has 0 aliphatic carbocycles. The number of amidine groups is 1. The van der Waals surface area contributed by atoms with E-state index in [0.29, 0.717) is 24.5 Å². The predicted octanol–water partition coefficient (Wildman–Crippen LogP) is 1.68. The SMILES string of the molecule is Cc1cnc(CNCc2ccc(/C(N)=N/O)cc2C)o1. The van der Waals surface area contributed by atoms with Crippen molar-refractivity contribution < 1.29 is 9.62 Å². The first kappa shape index (κ1) is 14.1. The van der Waals surface area contributed by atoms with Crippen molar-refractivity contribution in [2.75, 3.05) is 0 Å². The molecule has 0 fully saturated rings. The molecule has 0 unspecified atom stereocenters. The van der Waals surface area contributed by atoms with Gasteiger partial charge in [-0.25, -0.2) is 4.98 Å². The van der Waals surface area contributed by atoms with Crippen LogP contribution in [-0.4, -0.2) is 16.0 Å². The van der Waals surface area contributed by atoms with Gasteiger partial charge in [-0.15, -0.1) is 0 Å². The van der Waals surface area contributed by atoms with Gasteiger partial charge in [-0.3, -0.25) is 0 Å². The number of nitrogens with two attached hydrogens (primary N) is 1. The van der Waals surface area contributed by atoms with Crippen LogP contribution in [0.3, 0.4) is 0 Å². The van der Waals surface area contributed by atoms with Crippen LogP contribution in [0, 0.1) is 13.8 Å². The third kappa shape index (κ3) is 3.36.